The summed E-state index contributed by atoms with van der Waals surface area (Å²) in [6, 6.07) is 3.59. The van der Waals surface area contributed by atoms with E-state index in [4.69, 9.17) is 4.42 Å². The second kappa shape index (κ2) is 3.26. The van der Waals surface area contributed by atoms with Crippen molar-refractivity contribution in [1.29, 1.82) is 0 Å². The second-order valence-corrected chi connectivity index (χ2v) is 3.68. The molecule has 1 N–H and O–H groups in total. The van der Waals surface area contributed by atoms with Gasteiger partial charge in [0.25, 0.3) is 0 Å². The molecular weight excluding hydrogens is 202 g/mol. The van der Waals surface area contributed by atoms with E-state index >= 15 is 0 Å². The Morgan fingerprint density at radius 3 is 2.93 bits per heavy atom. The van der Waals surface area contributed by atoms with Crippen LogP contribution in [0.3, 0.4) is 0 Å². The van der Waals surface area contributed by atoms with Crippen LogP contribution in [0.25, 0.3) is 10.8 Å². The van der Waals surface area contributed by atoms with Gasteiger partial charge in [0.1, 0.15) is 0 Å². The summed E-state index contributed by atoms with van der Waals surface area (Å²) in [7, 11) is 0. The van der Waals surface area contributed by atoms with Crippen molar-refractivity contribution in [3.63, 3.8) is 0 Å². The van der Waals surface area contributed by atoms with E-state index in [0.29, 0.717) is 0 Å². The number of thiophene rings is 1. The van der Waals surface area contributed by atoms with E-state index in [0.717, 1.165) is 4.88 Å². The minimum absolute atomic E-state index is 0.130. The van der Waals surface area contributed by atoms with Gasteiger partial charge in [-0.05, 0) is 18.4 Å². The van der Waals surface area contributed by atoms with Crippen molar-refractivity contribution in [2.24, 2.45) is 0 Å². The van der Waals surface area contributed by atoms with Crippen LogP contribution >= 0.6 is 11.3 Å². The number of hydrogen-bond donors (Lipinski definition) is 1. The lowest BCUT2D eigenvalue weighted by molar-refractivity contribution is 0.415. The van der Waals surface area contributed by atoms with Crippen LogP contribution in [0.1, 0.15) is 5.56 Å². The number of aromatic hydroxyl groups is 1. The highest BCUT2D eigenvalue weighted by Gasteiger charge is 2.10. The Balaban J connectivity index is 2.63. The smallest absolute Gasteiger partial charge is 0.345 e. The molecule has 2 aromatic heterocycles. The third-order valence-electron chi connectivity index (χ3n) is 1.77. The standard InChI is InChI=1S/C9H7NO3S/c1-5-7(11)10-8(13-9(5)12)6-3-2-4-14-6/h2-4,11H,1H3. The molecule has 0 aromatic carbocycles. The second-order valence-electron chi connectivity index (χ2n) is 2.73. The van der Waals surface area contributed by atoms with Crippen molar-refractivity contribution in [2.45, 2.75) is 6.92 Å². The monoisotopic (exact) mass is 209 g/mol. The fourth-order valence-corrected chi connectivity index (χ4v) is 1.61. The lowest BCUT2D eigenvalue weighted by Crippen LogP contribution is -2.05. The van der Waals surface area contributed by atoms with Crippen molar-refractivity contribution in [2.75, 3.05) is 0 Å². The van der Waals surface area contributed by atoms with Gasteiger partial charge in [0.2, 0.25) is 11.8 Å². The minimum Gasteiger partial charge on any atom is -0.493 e. The summed E-state index contributed by atoms with van der Waals surface area (Å²) in [5, 5.41) is 11.2. The molecule has 0 atom stereocenters. The van der Waals surface area contributed by atoms with E-state index in [1.165, 1.54) is 18.3 Å². The van der Waals surface area contributed by atoms with Crippen molar-refractivity contribution in [1.82, 2.24) is 4.98 Å². The Morgan fingerprint density at radius 1 is 1.57 bits per heavy atom. The lowest BCUT2D eigenvalue weighted by Gasteiger charge is -1.97. The highest BCUT2D eigenvalue weighted by atomic mass is 32.1. The zero-order valence-electron chi connectivity index (χ0n) is 7.35. The van der Waals surface area contributed by atoms with E-state index in [1.807, 2.05) is 11.4 Å². The van der Waals surface area contributed by atoms with Gasteiger partial charge in [-0.25, -0.2) is 4.79 Å². The summed E-state index contributed by atoms with van der Waals surface area (Å²) < 4.78 is 4.92. The molecule has 0 bridgehead atoms. The van der Waals surface area contributed by atoms with E-state index in [2.05, 4.69) is 4.98 Å². The normalized spacial score (nSPS) is 10.4. The molecule has 72 valence electrons. The van der Waals surface area contributed by atoms with E-state index in [1.54, 1.807) is 6.07 Å². The maximum Gasteiger partial charge on any atom is 0.345 e. The summed E-state index contributed by atoms with van der Waals surface area (Å²) in [6.45, 7) is 1.46. The van der Waals surface area contributed by atoms with E-state index in [-0.39, 0.29) is 17.3 Å². The van der Waals surface area contributed by atoms with Gasteiger partial charge < -0.3 is 9.52 Å². The van der Waals surface area contributed by atoms with Crippen LogP contribution in [-0.2, 0) is 0 Å². The van der Waals surface area contributed by atoms with Gasteiger partial charge in [-0.1, -0.05) is 6.07 Å². The van der Waals surface area contributed by atoms with Gasteiger partial charge in [-0.2, -0.15) is 4.98 Å². The molecule has 2 aromatic rings. The summed E-state index contributed by atoms with van der Waals surface area (Å²) in [5.41, 5.74) is -0.425. The summed E-state index contributed by atoms with van der Waals surface area (Å²) >= 11 is 1.39. The largest absolute Gasteiger partial charge is 0.493 e. The van der Waals surface area contributed by atoms with Crippen LogP contribution in [0.5, 0.6) is 5.88 Å². The minimum atomic E-state index is -0.555. The molecule has 0 aliphatic rings. The van der Waals surface area contributed by atoms with Gasteiger partial charge in [-0.3, -0.25) is 0 Å². The molecule has 14 heavy (non-hydrogen) atoms. The summed E-state index contributed by atoms with van der Waals surface area (Å²) in [4.78, 5) is 15.7. The molecule has 0 saturated carbocycles. The molecule has 0 aliphatic heterocycles. The first-order valence-corrected chi connectivity index (χ1v) is 4.81. The van der Waals surface area contributed by atoms with Gasteiger partial charge in [0.05, 0.1) is 10.4 Å². The van der Waals surface area contributed by atoms with Crippen LogP contribution in [0.4, 0.5) is 0 Å². The molecule has 4 nitrogen and oxygen atoms in total. The van der Waals surface area contributed by atoms with Crippen molar-refractivity contribution < 1.29 is 9.52 Å². The average molecular weight is 209 g/mol. The van der Waals surface area contributed by atoms with Crippen LogP contribution in [0.2, 0.25) is 0 Å². The van der Waals surface area contributed by atoms with Crippen LogP contribution in [0, 0.1) is 6.92 Å². The predicted molar refractivity (Wildman–Crippen MR) is 52.5 cm³/mol. The van der Waals surface area contributed by atoms with Crippen molar-refractivity contribution >= 4 is 11.3 Å². The molecule has 0 amide bonds. The zero-order chi connectivity index (χ0) is 10.1. The maximum atomic E-state index is 11.2. The number of aromatic nitrogens is 1. The van der Waals surface area contributed by atoms with E-state index < -0.39 is 5.63 Å². The zero-order valence-corrected chi connectivity index (χ0v) is 8.17. The molecule has 5 heteroatoms. The first-order chi connectivity index (χ1) is 6.68. The first-order valence-electron chi connectivity index (χ1n) is 3.93. The van der Waals surface area contributed by atoms with Crippen LogP contribution in [0.15, 0.2) is 26.7 Å². The highest BCUT2D eigenvalue weighted by Crippen LogP contribution is 2.23. The fraction of sp³-hybridized carbons (Fsp3) is 0.111. The van der Waals surface area contributed by atoms with Gasteiger partial charge >= 0.3 is 5.63 Å². The molecule has 0 aliphatic carbocycles. The number of nitrogens with zero attached hydrogens (tertiary/aromatic N) is 1. The molecule has 0 fully saturated rings. The topological polar surface area (TPSA) is 63.3 Å². The Morgan fingerprint density at radius 2 is 2.36 bits per heavy atom. The Bertz CT molecular complexity index is 501. The quantitative estimate of drug-likeness (QED) is 0.777. The fourth-order valence-electron chi connectivity index (χ4n) is 0.964. The molecule has 2 rings (SSSR count). The molecular formula is C9H7NO3S. The van der Waals surface area contributed by atoms with Crippen LogP contribution < -0.4 is 5.63 Å². The first kappa shape index (κ1) is 8.96. The number of hydrogen-bond acceptors (Lipinski definition) is 5. The molecule has 0 unspecified atom stereocenters. The highest BCUT2D eigenvalue weighted by molar-refractivity contribution is 7.13. The van der Waals surface area contributed by atoms with Gasteiger partial charge in [-0.15, -0.1) is 11.3 Å². The van der Waals surface area contributed by atoms with Crippen molar-refractivity contribution in [3.8, 4) is 16.6 Å². The van der Waals surface area contributed by atoms with Crippen LogP contribution in [-0.4, -0.2) is 10.1 Å². The number of rotatable bonds is 1. The Kier molecular flexibility index (Phi) is 2.09. The molecule has 2 heterocycles. The third-order valence-corrected chi connectivity index (χ3v) is 2.63. The Hall–Kier alpha value is -1.62. The third kappa shape index (κ3) is 1.42. The maximum absolute atomic E-state index is 11.2. The van der Waals surface area contributed by atoms with Gasteiger partial charge in [0, 0.05) is 0 Å². The average Bonchev–Trinajstić information content (AvgIpc) is 2.66. The Labute approximate surface area is 83.5 Å². The molecule has 0 radical (unpaired) electrons. The SMILES string of the molecule is Cc1c(O)nc(-c2cccs2)oc1=O. The van der Waals surface area contributed by atoms with Gasteiger partial charge in [0.15, 0.2) is 0 Å². The lowest BCUT2D eigenvalue weighted by atomic mass is 10.4. The summed E-state index contributed by atoms with van der Waals surface area (Å²) in [6.07, 6.45) is 0. The predicted octanol–water partition coefficient (Wildman–Crippen LogP) is 1.78. The van der Waals surface area contributed by atoms with Crippen molar-refractivity contribution in [3.05, 3.63) is 33.5 Å². The molecule has 0 saturated heterocycles. The summed E-state index contributed by atoms with van der Waals surface area (Å²) in [5.74, 6) is -0.113. The molecule has 0 spiro atoms. The van der Waals surface area contributed by atoms with E-state index in [9.17, 15) is 9.90 Å².